The van der Waals surface area contributed by atoms with Crippen LogP contribution in [0.4, 0.5) is 0 Å². The van der Waals surface area contributed by atoms with E-state index in [4.69, 9.17) is 4.74 Å². The minimum Gasteiger partial charge on any atom is -0.392 e. The number of nitrogens with one attached hydrogen (secondary N) is 1. The molecule has 0 bridgehead atoms. The molecule has 1 saturated carbocycles. The quantitative estimate of drug-likeness (QED) is 0.667. The molecule has 1 aliphatic rings. The van der Waals surface area contributed by atoms with Crippen LogP contribution in [0.1, 0.15) is 39.0 Å². The van der Waals surface area contributed by atoms with E-state index >= 15 is 0 Å². The summed E-state index contributed by atoms with van der Waals surface area (Å²) >= 11 is 0. The van der Waals surface area contributed by atoms with Gasteiger partial charge in [-0.05, 0) is 24.8 Å². The molecule has 0 radical (unpaired) electrons. The number of aliphatic hydroxyl groups is 1. The SMILES string of the molecule is COCC(C)CNCC(O)CC1CCCC1. The Kier molecular flexibility index (Phi) is 7.01. The summed E-state index contributed by atoms with van der Waals surface area (Å²) < 4.78 is 5.07. The molecule has 16 heavy (non-hydrogen) atoms. The molecule has 0 saturated heterocycles. The number of aliphatic hydroxyl groups excluding tert-OH is 1. The van der Waals surface area contributed by atoms with E-state index in [0.29, 0.717) is 5.92 Å². The molecule has 1 rings (SSSR count). The Bertz CT molecular complexity index is 169. The van der Waals surface area contributed by atoms with Crippen LogP contribution in [0, 0.1) is 11.8 Å². The van der Waals surface area contributed by atoms with Crippen molar-refractivity contribution >= 4 is 0 Å². The average Bonchev–Trinajstić information content (AvgIpc) is 2.70. The predicted octanol–water partition coefficient (Wildman–Crippen LogP) is 1.80. The van der Waals surface area contributed by atoms with Crippen LogP contribution in [0.5, 0.6) is 0 Å². The summed E-state index contributed by atoms with van der Waals surface area (Å²) in [5, 5.41) is 13.2. The molecule has 0 aromatic rings. The Labute approximate surface area is 99.6 Å². The van der Waals surface area contributed by atoms with Crippen molar-refractivity contribution in [2.75, 3.05) is 26.8 Å². The van der Waals surface area contributed by atoms with Gasteiger partial charge in [-0.2, -0.15) is 0 Å². The van der Waals surface area contributed by atoms with Crippen LogP contribution in [-0.2, 0) is 4.74 Å². The highest BCUT2D eigenvalue weighted by Gasteiger charge is 2.18. The first-order valence-electron chi connectivity index (χ1n) is 6.60. The fraction of sp³-hybridized carbons (Fsp3) is 1.00. The van der Waals surface area contributed by atoms with Gasteiger partial charge in [0.2, 0.25) is 0 Å². The van der Waals surface area contributed by atoms with Gasteiger partial charge in [-0.15, -0.1) is 0 Å². The van der Waals surface area contributed by atoms with E-state index in [0.717, 1.165) is 32.0 Å². The van der Waals surface area contributed by atoms with Crippen LogP contribution in [0.2, 0.25) is 0 Å². The van der Waals surface area contributed by atoms with Gasteiger partial charge in [0, 0.05) is 20.3 Å². The summed E-state index contributed by atoms with van der Waals surface area (Å²) in [5.74, 6) is 1.29. The summed E-state index contributed by atoms with van der Waals surface area (Å²) in [6.45, 7) is 4.59. The third-order valence-electron chi connectivity index (χ3n) is 3.40. The molecule has 0 aromatic carbocycles. The summed E-state index contributed by atoms with van der Waals surface area (Å²) in [5.41, 5.74) is 0. The van der Waals surface area contributed by atoms with Gasteiger partial charge in [-0.3, -0.25) is 0 Å². The van der Waals surface area contributed by atoms with E-state index in [1.165, 1.54) is 25.7 Å². The number of methoxy groups -OCH3 is 1. The van der Waals surface area contributed by atoms with Gasteiger partial charge in [0.15, 0.2) is 0 Å². The van der Waals surface area contributed by atoms with Gasteiger partial charge >= 0.3 is 0 Å². The minimum absolute atomic E-state index is 0.169. The Balaban J connectivity index is 1.98. The number of hydrogen-bond donors (Lipinski definition) is 2. The molecule has 96 valence electrons. The molecule has 0 amide bonds. The van der Waals surface area contributed by atoms with Crippen molar-refractivity contribution in [3.05, 3.63) is 0 Å². The number of rotatable bonds is 8. The summed E-state index contributed by atoms with van der Waals surface area (Å²) in [7, 11) is 1.73. The number of ether oxygens (including phenoxy) is 1. The lowest BCUT2D eigenvalue weighted by molar-refractivity contribution is 0.131. The fourth-order valence-electron chi connectivity index (χ4n) is 2.55. The lowest BCUT2D eigenvalue weighted by Gasteiger charge is -2.17. The average molecular weight is 229 g/mol. The van der Waals surface area contributed by atoms with Crippen LogP contribution in [0.3, 0.4) is 0 Å². The van der Waals surface area contributed by atoms with Gasteiger partial charge in [0.25, 0.3) is 0 Å². The minimum atomic E-state index is -0.169. The Morgan fingerprint density at radius 3 is 2.62 bits per heavy atom. The van der Waals surface area contributed by atoms with Crippen molar-refractivity contribution in [2.24, 2.45) is 11.8 Å². The molecule has 2 unspecified atom stereocenters. The Hall–Kier alpha value is -0.120. The topological polar surface area (TPSA) is 41.5 Å². The van der Waals surface area contributed by atoms with E-state index in [1.807, 2.05) is 0 Å². The normalized spacial score (nSPS) is 21.2. The predicted molar refractivity (Wildman–Crippen MR) is 66.5 cm³/mol. The highest BCUT2D eigenvalue weighted by Crippen LogP contribution is 2.28. The molecular formula is C13H27NO2. The third-order valence-corrected chi connectivity index (χ3v) is 3.40. The van der Waals surface area contributed by atoms with E-state index < -0.39 is 0 Å². The maximum absolute atomic E-state index is 9.86. The molecule has 1 aliphatic carbocycles. The Morgan fingerprint density at radius 1 is 1.31 bits per heavy atom. The van der Waals surface area contributed by atoms with Gasteiger partial charge < -0.3 is 15.2 Å². The van der Waals surface area contributed by atoms with E-state index in [9.17, 15) is 5.11 Å². The smallest absolute Gasteiger partial charge is 0.0667 e. The molecule has 0 spiro atoms. The van der Waals surface area contributed by atoms with Crippen molar-refractivity contribution in [1.82, 2.24) is 5.32 Å². The standard InChI is InChI=1S/C13H27NO2/c1-11(10-16-2)8-14-9-13(15)7-12-5-3-4-6-12/h11-15H,3-10H2,1-2H3. The fourth-order valence-corrected chi connectivity index (χ4v) is 2.55. The van der Waals surface area contributed by atoms with E-state index in [1.54, 1.807) is 7.11 Å². The van der Waals surface area contributed by atoms with E-state index in [-0.39, 0.29) is 6.10 Å². The van der Waals surface area contributed by atoms with Gasteiger partial charge in [-0.25, -0.2) is 0 Å². The van der Waals surface area contributed by atoms with Crippen molar-refractivity contribution in [1.29, 1.82) is 0 Å². The zero-order valence-corrected chi connectivity index (χ0v) is 10.7. The monoisotopic (exact) mass is 229 g/mol. The lowest BCUT2D eigenvalue weighted by Crippen LogP contribution is -2.32. The second-order valence-corrected chi connectivity index (χ2v) is 5.26. The summed E-state index contributed by atoms with van der Waals surface area (Å²) in [4.78, 5) is 0. The molecule has 0 heterocycles. The molecule has 0 aromatic heterocycles. The molecule has 3 nitrogen and oxygen atoms in total. The second-order valence-electron chi connectivity index (χ2n) is 5.26. The van der Waals surface area contributed by atoms with Gasteiger partial charge in [-0.1, -0.05) is 32.6 Å². The van der Waals surface area contributed by atoms with Gasteiger partial charge in [0.05, 0.1) is 6.10 Å². The van der Waals surface area contributed by atoms with Gasteiger partial charge in [0.1, 0.15) is 0 Å². The highest BCUT2D eigenvalue weighted by molar-refractivity contribution is 4.72. The van der Waals surface area contributed by atoms with Crippen molar-refractivity contribution in [2.45, 2.75) is 45.1 Å². The van der Waals surface area contributed by atoms with Crippen LogP contribution in [0.15, 0.2) is 0 Å². The zero-order valence-electron chi connectivity index (χ0n) is 10.7. The van der Waals surface area contributed by atoms with E-state index in [2.05, 4.69) is 12.2 Å². The summed E-state index contributed by atoms with van der Waals surface area (Å²) in [6, 6.07) is 0. The first-order valence-corrected chi connectivity index (χ1v) is 6.60. The zero-order chi connectivity index (χ0) is 11.8. The lowest BCUT2D eigenvalue weighted by atomic mass is 10.00. The molecule has 0 aliphatic heterocycles. The van der Waals surface area contributed by atoms with Crippen molar-refractivity contribution in [3.8, 4) is 0 Å². The van der Waals surface area contributed by atoms with Crippen molar-refractivity contribution < 1.29 is 9.84 Å². The van der Waals surface area contributed by atoms with Crippen LogP contribution >= 0.6 is 0 Å². The molecule has 2 atom stereocenters. The summed E-state index contributed by atoms with van der Waals surface area (Å²) in [6.07, 6.45) is 6.16. The second kappa shape index (κ2) is 8.04. The molecule has 2 N–H and O–H groups in total. The number of hydrogen-bond acceptors (Lipinski definition) is 3. The van der Waals surface area contributed by atoms with Crippen LogP contribution < -0.4 is 5.32 Å². The Morgan fingerprint density at radius 2 is 2.00 bits per heavy atom. The van der Waals surface area contributed by atoms with Crippen LogP contribution in [0.25, 0.3) is 0 Å². The maximum Gasteiger partial charge on any atom is 0.0667 e. The first-order chi connectivity index (χ1) is 7.72. The maximum atomic E-state index is 9.86. The first kappa shape index (κ1) is 13.9. The highest BCUT2D eigenvalue weighted by atomic mass is 16.5. The molecule has 1 fully saturated rings. The largest absolute Gasteiger partial charge is 0.392 e. The van der Waals surface area contributed by atoms with Crippen molar-refractivity contribution in [3.63, 3.8) is 0 Å². The molecule has 3 heteroatoms. The van der Waals surface area contributed by atoms with Crippen LogP contribution in [-0.4, -0.2) is 38.0 Å². The third kappa shape index (κ3) is 5.83. The molecular weight excluding hydrogens is 202 g/mol.